The Labute approximate surface area is 178 Å². The first kappa shape index (κ1) is 23.1. The van der Waals surface area contributed by atoms with Crippen LogP contribution in [-0.4, -0.2) is 47.9 Å². The first-order valence-corrected chi connectivity index (χ1v) is 10.0. The number of hydrogen-bond donors (Lipinski definition) is 2. The van der Waals surface area contributed by atoms with Crippen LogP contribution in [0.4, 0.5) is 0 Å². The summed E-state index contributed by atoms with van der Waals surface area (Å²) in [5.41, 5.74) is 1.09. The number of aliphatic imine (C=N–C) groups is 1. The summed E-state index contributed by atoms with van der Waals surface area (Å²) in [6.07, 6.45) is 2.64. The zero-order chi connectivity index (χ0) is 18.3. The van der Waals surface area contributed by atoms with E-state index in [2.05, 4.69) is 53.7 Å². The first-order valence-electron chi connectivity index (χ1n) is 9.15. The van der Waals surface area contributed by atoms with Crippen molar-refractivity contribution in [2.45, 2.75) is 58.9 Å². The molecule has 1 amide bonds. The van der Waals surface area contributed by atoms with E-state index in [4.69, 9.17) is 0 Å². The molecular formula is C18H32IN5OS. The van der Waals surface area contributed by atoms with Gasteiger partial charge in [-0.05, 0) is 19.8 Å². The van der Waals surface area contributed by atoms with Crippen LogP contribution in [0.1, 0.15) is 57.7 Å². The molecule has 1 fully saturated rings. The van der Waals surface area contributed by atoms with Gasteiger partial charge in [0.15, 0.2) is 5.96 Å². The average molecular weight is 493 g/mol. The van der Waals surface area contributed by atoms with Gasteiger partial charge >= 0.3 is 0 Å². The van der Waals surface area contributed by atoms with E-state index in [9.17, 15) is 4.79 Å². The molecule has 0 radical (unpaired) electrons. The second-order valence-corrected chi connectivity index (χ2v) is 8.21. The standard InChI is InChI=1S/C18H31N5OS.HI/c1-5-19-17(20-9-7-11-23-10-6-8-15(23)24)21-12-14-13-25-16(22-14)18(2,3)4;/h13H,5-12H2,1-4H3,(H2,19,20,21);1H. The lowest BCUT2D eigenvalue weighted by Crippen LogP contribution is -2.39. The molecule has 0 spiro atoms. The monoisotopic (exact) mass is 493 g/mol. The van der Waals surface area contributed by atoms with Crippen molar-refractivity contribution < 1.29 is 4.79 Å². The van der Waals surface area contributed by atoms with Gasteiger partial charge in [-0.1, -0.05) is 20.8 Å². The highest BCUT2D eigenvalue weighted by Crippen LogP contribution is 2.25. The molecule has 2 N–H and O–H groups in total. The summed E-state index contributed by atoms with van der Waals surface area (Å²) < 4.78 is 0. The van der Waals surface area contributed by atoms with E-state index in [1.807, 2.05) is 4.90 Å². The van der Waals surface area contributed by atoms with Crippen LogP contribution in [0, 0.1) is 0 Å². The fraction of sp³-hybridized carbons (Fsp3) is 0.722. The number of likely N-dealkylation sites (tertiary alicyclic amines) is 1. The van der Waals surface area contributed by atoms with Crippen LogP contribution in [0.25, 0.3) is 0 Å². The van der Waals surface area contributed by atoms with Crippen LogP contribution in [0.2, 0.25) is 0 Å². The zero-order valence-corrected chi connectivity index (χ0v) is 19.4. The van der Waals surface area contributed by atoms with Gasteiger partial charge in [0.2, 0.25) is 5.91 Å². The normalized spacial score (nSPS) is 15.2. The van der Waals surface area contributed by atoms with Crippen molar-refractivity contribution in [2.75, 3.05) is 26.2 Å². The predicted molar refractivity (Wildman–Crippen MR) is 119 cm³/mol. The molecule has 2 rings (SSSR count). The molecule has 0 aromatic carbocycles. The van der Waals surface area contributed by atoms with Gasteiger partial charge in [0.1, 0.15) is 0 Å². The minimum atomic E-state index is 0. The van der Waals surface area contributed by atoms with Crippen molar-refractivity contribution in [1.82, 2.24) is 20.5 Å². The fourth-order valence-corrected chi connectivity index (χ4v) is 3.54. The Morgan fingerprint density at radius 2 is 2.15 bits per heavy atom. The second-order valence-electron chi connectivity index (χ2n) is 7.35. The van der Waals surface area contributed by atoms with Gasteiger partial charge in [-0.15, -0.1) is 35.3 Å². The van der Waals surface area contributed by atoms with E-state index in [1.165, 1.54) is 0 Å². The van der Waals surface area contributed by atoms with Crippen LogP contribution >= 0.6 is 35.3 Å². The number of amides is 1. The summed E-state index contributed by atoms with van der Waals surface area (Å²) in [5.74, 6) is 1.10. The predicted octanol–water partition coefficient (Wildman–Crippen LogP) is 3.13. The quantitative estimate of drug-likeness (QED) is 0.265. The minimum Gasteiger partial charge on any atom is -0.357 e. The number of halogens is 1. The Bertz CT molecular complexity index is 597. The van der Waals surface area contributed by atoms with Gasteiger partial charge in [0.25, 0.3) is 0 Å². The van der Waals surface area contributed by atoms with Gasteiger partial charge in [0, 0.05) is 43.4 Å². The summed E-state index contributed by atoms with van der Waals surface area (Å²) in [7, 11) is 0. The molecular weight excluding hydrogens is 461 g/mol. The van der Waals surface area contributed by atoms with Crippen LogP contribution in [0.15, 0.2) is 10.4 Å². The Morgan fingerprint density at radius 3 is 2.73 bits per heavy atom. The number of thiazole rings is 1. The van der Waals surface area contributed by atoms with E-state index >= 15 is 0 Å². The van der Waals surface area contributed by atoms with Crippen molar-refractivity contribution in [3.63, 3.8) is 0 Å². The molecule has 0 atom stereocenters. The number of hydrogen-bond acceptors (Lipinski definition) is 4. The molecule has 1 saturated heterocycles. The van der Waals surface area contributed by atoms with Crippen LogP contribution in [0.3, 0.4) is 0 Å². The molecule has 0 unspecified atom stereocenters. The third kappa shape index (κ3) is 7.38. The van der Waals surface area contributed by atoms with Crippen molar-refractivity contribution >= 4 is 47.2 Å². The number of rotatable bonds is 7. The number of carbonyl (C=O) groups is 1. The highest BCUT2D eigenvalue weighted by Gasteiger charge is 2.19. The maximum Gasteiger partial charge on any atom is 0.222 e. The lowest BCUT2D eigenvalue weighted by molar-refractivity contribution is -0.127. The molecule has 6 nitrogen and oxygen atoms in total. The van der Waals surface area contributed by atoms with Gasteiger partial charge < -0.3 is 15.5 Å². The molecule has 1 aromatic heterocycles. The number of aromatic nitrogens is 1. The van der Waals surface area contributed by atoms with E-state index in [1.54, 1.807) is 11.3 Å². The van der Waals surface area contributed by atoms with Gasteiger partial charge in [0.05, 0.1) is 17.2 Å². The number of carbonyl (C=O) groups excluding carboxylic acids is 1. The van der Waals surface area contributed by atoms with E-state index in [-0.39, 0.29) is 29.4 Å². The van der Waals surface area contributed by atoms with Gasteiger partial charge in [-0.25, -0.2) is 9.98 Å². The highest BCUT2D eigenvalue weighted by molar-refractivity contribution is 14.0. The van der Waals surface area contributed by atoms with Gasteiger partial charge in [-0.3, -0.25) is 4.79 Å². The molecule has 2 heterocycles. The number of guanidine groups is 1. The van der Waals surface area contributed by atoms with Crippen molar-refractivity contribution in [1.29, 1.82) is 0 Å². The lowest BCUT2D eigenvalue weighted by atomic mass is 9.98. The smallest absolute Gasteiger partial charge is 0.222 e. The van der Waals surface area contributed by atoms with Crippen molar-refractivity contribution in [2.24, 2.45) is 4.99 Å². The molecule has 0 aliphatic carbocycles. The minimum absolute atomic E-state index is 0. The Morgan fingerprint density at radius 1 is 1.38 bits per heavy atom. The van der Waals surface area contributed by atoms with Gasteiger partial charge in [-0.2, -0.15) is 0 Å². The fourth-order valence-electron chi connectivity index (χ4n) is 2.64. The Hall–Kier alpha value is -0.900. The largest absolute Gasteiger partial charge is 0.357 e. The molecule has 1 aromatic rings. The first-order chi connectivity index (χ1) is 11.9. The molecule has 8 heteroatoms. The summed E-state index contributed by atoms with van der Waals surface area (Å²) in [6.45, 7) is 12.5. The number of nitrogens with one attached hydrogen (secondary N) is 2. The van der Waals surface area contributed by atoms with E-state index < -0.39 is 0 Å². The van der Waals surface area contributed by atoms with E-state index in [0.717, 1.165) is 55.7 Å². The van der Waals surface area contributed by atoms with Crippen LogP contribution < -0.4 is 10.6 Å². The van der Waals surface area contributed by atoms with Crippen LogP contribution in [-0.2, 0) is 16.8 Å². The SMILES string of the molecule is CCNC(=NCc1csc(C(C)(C)C)n1)NCCCN1CCCC1=O.I. The lowest BCUT2D eigenvalue weighted by Gasteiger charge is -2.16. The molecule has 26 heavy (non-hydrogen) atoms. The molecule has 0 saturated carbocycles. The van der Waals surface area contributed by atoms with Crippen molar-refractivity contribution in [3.8, 4) is 0 Å². The Balaban J connectivity index is 0.00000338. The third-order valence-corrected chi connectivity index (χ3v) is 5.32. The molecule has 1 aliphatic heterocycles. The van der Waals surface area contributed by atoms with Crippen molar-refractivity contribution in [3.05, 3.63) is 16.1 Å². The summed E-state index contributed by atoms with van der Waals surface area (Å²) >= 11 is 1.70. The summed E-state index contributed by atoms with van der Waals surface area (Å²) in [4.78, 5) is 22.9. The maximum atomic E-state index is 11.6. The molecule has 1 aliphatic rings. The summed E-state index contributed by atoms with van der Waals surface area (Å²) in [5, 5.41) is 9.84. The van der Waals surface area contributed by atoms with Crippen LogP contribution in [0.5, 0.6) is 0 Å². The Kier molecular flexibility index (Phi) is 9.84. The topological polar surface area (TPSA) is 69.6 Å². The zero-order valence-electron chi connectivity index (χ0n) is 16.3. The second kappa shape index (κ2) is 11.1. The highest BCUT2D eigenvalue weighted by atomic mass is 127. The molecule has 0 bridgehead atoms. The maximum absolute atomic E-state index is 11.6. The summed E-state index contributed by atoms with van der Waals surface area (Å²) in [6, 6.07) is 0. The molecule has 148 valence electrons. The third-order valence-electron chi connectivity index (χ3n) is 4.01. The number of nitrogens with zero attached hydrogens (tertiary/aromatic N) is 3. The van der Waals surface area contributed by atoms with E-state index in [0.29, 0.717) is 18.9 Å². The average Bonchev–Trinajstić information content (AvgIpc) is 3.18.